The topological polar surface area (TPSA) is 118 Å². The van der Waals surface area contributed by atoms with Crippen LogP contribution in [0.5, 0.6) is 0 Å². The Morgan fingerprint density at radius 3 is 2.15 bits per heavy atom. The summed E-state index contributed by atoms with van der Waals surface area (Å²) in [5, 5.41) is 9.30. The van der Waals surface area contributed by atoms with Gasteiger partial charge >= 0.3 is 0 Å². The molecule has 0 spiro atoms. The maximum Gasteiger partial charge on any atom is 0.255 e. The summed E-state index contributed by atoms with van der Waals surface area (Å²) in [5.41, 5.74) is 4.52. The molecule has 9 heteroatoms. The van der Waals surface area contributed by atoms with Crippen molar-refractivity contribution in [1.29, 1.82) is 0 Å². The number of rotatable bonds is 6. The highest BCUT2D eigenvalue weighted by molar-refractivity contribution is 6.05. The zero-order valence-electron chi connectivity index (χ0n) is 18.2. The maximum absolute atomic E-state index is 12.6. The van der Waals surface area contributed by atoms with Crippen molar-refractivity contribution in [2.75, 3.05) is 16.0 Å². The van der Waals surface area contributed by atoms with E-state index in [1.54, 1.807) is 42.9 Å². The lowest BCUT2D eigenvalue weighted by molar-refractivity contribution is 0.102. The molecule has 0 aliphatic rings. The van der Waals surface area contributed by atoms with E-state index in [0.717, 1.165) is 16.8 Å². The first-order valence-corrected chi connectivity index (χ1v) is 10.5. The van der Waals surface area contributed by atoms with Crippen LogP contribution in [0.4, 0.5) is 28.8 Å². The molecule has 0 aliphatic carbocycles. The van der Waals surface area contributed by atoms with E-state index in [1.165, 1.54) is 6.33 Å². The van der Waals surface area contributed by atoms with Gasteiger partial charge in [0, 0.05) is 41.6 Å². The fourth-order valence-corrected chi connectivity index (χ4v) is 3.32. The van der Waals surface area contributed by atoms with Gasteiger partial charge in [0.25, 0.3) is 5.91 Å². The van der Waals surface area contributed by atoms with Crippen LogP contribution in [0, 0.1) is 6.92 Å². The molecule has 3 heterocycles. The molecular weight excluding hydrogens is 428 g/mol. The molecule has 34 heavy (non-hydrogen) atoms. The minimum Gasteiger partial charge on any atom is -0.340 e. The van der Waals surface area contributed by atoms with Gasteiger partial charge in [-0.05, 0) is 67.1 Å². The van der Waals surface area contributed by atoms with Crippen LogP contribution in [0.15, 0.2) is 85.6 Å². The van der Waals surface area contributed by atoms with Crippen molar-refractivity contribution in [3.8, 4) is 0 Å². The molecule has 5 aromatic rings. The molecule has 0 saturated carbocycles. The maximum atomic E-state index is 12.6. The van der Waals surface area contributed by atoms with E-state index in [-0.39, 0.29) is 5.91 Å². The van der Waals surface area contributed by atoms with Crippen molar-refractivity contribution in [3.63, 3.8) is 0 Å². The van der Waals surface area contributed by atoms with Gasteiger partial charge in [-0.2, -0.15) is 0 Å². The predicted molar refractivity (Wildman–Crippen MR) is 132 cm³/mol. The molecule has 166 valence electrons. The third-order valence-corrected chi connectivity index (χ3v) is 4.99. The number of hydrogen-bond donors (Lipinski definition) is 3. The Bertz CT molecular complexity index is 1470. The average molecular weight is 448 g/mol. The van der Waals surface area contributed by atoms with E-state index in [2.05, 4.69) is 40.9 Å². The highest BCUT2D eigenvalue weighted by Gasteiger charge is 2.08. The molecular formula is C25H20N8O. The van der Waals surface area contributed by atoms with Gasteiger partial charge in [-0.3, -0.25) is 14.8 Å². The summed E-state index contributed by atoms with van der Waals surface area (Å²) >= 11 is 0. The smallest absolute Gasteiger partial charge is 0.255 e. The van der Waals surface area contributed by atoms with Crippen LogP contribution in [0.3, 0.4) is 0 Å². The van der Waals surface area contributed by atoms with E-state index < -0.39 is 0 Å². The Labute approximate surface area is 195 Å². The molecule has 0 atom stereocenters. The van der Waals surface area contributed by atoms with Gasteiger partial charge in [0.2, 0.25) is 0 Å². The summed E-state index contributed by atoms with van der Waals surface area (Å²) in [6.45, 7) is 2.00. The van der Waals surface area contributed by atoms with Crippen molar-refractivity contribution < 1.29 is 4.79 Å². The lowest BCUT2D eigenvalue weighted by atomic mass is 10.1. The first-order chi connectivity index (χ1) is 16.6. The molecule has 3 N–H and O–H groups in total. The van der Waals surface area contributed by atoms with E-state index in [9.17, 15) is 4.79 Å². The van der Waals surface area contributed by atoms with Gasteiger partial charge in [0.1, 0.15) is 23.8 Å². The summed E-state index contributed by atoms with van der Waals surface area (Å²) in [6, 6.07) is 18.3. The van der Waals surface area contributed by atoms with Gasteiger partial charge in [-0.15, -0.1) is 0 Å². The Hall–Kier alpha value is -4.92. The molecule has 0 fully saturated rings. The predicted octanol–water partition coefficient (Wildman–Crippen LogP) is 4.86. The molecule has 0 unspecified atom stereocenters. The minimum absolute atomic E-state index is 0.218. The Kier molecular flexibility index (Phi) is 5.73. The number of aryl methyl sites for hydroxylation is 1. The number of aromatic nitrogens is 5. The highest BCUT2D eigenvalue weighted by Crippen LogP contribution is 2.21. The van der Waals surface area contributed by atoms with Crippen molar-refractivity contribution in [1.82, 2.24) is 24.9 Å². The molecule has 2 aromatic carbocycles. The summed E-state index contributed by atoms with van der Waals surface area (Å²) in [7, 11) is 0. The van der Waals surface area contributed by atoms with Crippen LogP contribution in [-0.4, -0.2) is 30.8 Å². The van der Waals surface area contributed by atoms with Crippen LogP contribution in [0.25, 0.3) is 11.0 Å². The molecule has 0 saturated heterocycles. The zero-order valence-corrected chi connectivity index (χ0v) is 18.2. The fourth-order valence-electron chi connectivity index (χ4n) is 3.32. The number of carbonyl (C=O) groups excluding carboxylic acids is 1. The number of nitrogens with zero attached hydrogens (tertiary/aromatic N) is 5. The third-order valence-electron chi connectivity index (χ3n) is 4.99. The van der Waals surface area contributed by atoms with Crippen molar-refractivity contribution in [2.45, 2.75) is 6.92 Å². The van der Waals surface area contributed by atoms with Crippen LogP contribution in [-0.2, 0) is 0 Å². The third kappa shape index (κ3) is 4.94. The van der Waals surface area contributed by atoms with Gasteiger partial charge in [0.05, 0.1) is 11.0 Å². The zero-order chi connectivity index (χ0) is 23.3. The van der Waals surface area contributed by atoms with Crippen molar-refractivity contribution >= 4 is 45.8 Å². The van der Waals surface area contributed by atoms with Crippen molar-refractivity contribution in [3.05, 3.63) is 96.7 Å². The number of anilines is 5. The van der Waals surface area contributed by atoms with Gasteiger partial charge in [0.15, 0.2) is 0 Å². The van der Waals surface area contributed by atoms with Crippen LogP contribution in [0.1, 0.15) is 15.9 Å². The second-order valence-electron chi connectivity index (χ2n) is 7.55. The molecule has 5 rings (SSSR count). The minimum atomic E-state index is -0.218. The second-order valence-corrected chi connectivity index (χ2v) is 7.55. The average Bonchev–Trinajstić information content (AvgIpc) is 2.85. The standard InChI is InChI=1S/C25H20N8O/c1-16-8-9-28-22(12-16)33-24-14-23(29-15-30-24)31-18-3-5-19(6-4-18)32-25(34)17-2-7-20-21(13-17)27-11-10-26-20/h2-15H,1H3,(H,32,34)(H2,28,29,30,31,33). The molecule has 3 aromatic heterocycles. The lowest BCUT2D eigenvalue weighted by Crippen LogP contribution is -2.11. The number of hydrogen-bond acceptors (Lipinski definition) is 8. The first kappa shape index (κ1) is 21.0. The van der Waals surface area contributed by atoms with E-state index in [1.807, 2.05) is 43.3 Å². The van der Waals surface area contributed by atoms with Crippen LogP contribution >= 0.6 is 0 Å². The molecule has 1 amide bonds. The number of fused-ring (bicyclic) bond motifs is 1. The van der Waals surface area contributed by atoms with Gasteiger partial charge < -0.3 is 16.0 Å². The quantitative estimate of drug-likeness (QED) is 0.337. The number of nitrogens with one attached hydrogen (secondary N) is 3. The van der Waals surface area contributed by atoms with Gasteiger partial charge in [-0.25, -0.2) is 15.0 Å². The van der Waals surface area contributed by atoms with Crippen molar-refractivity contribution in [2.24, 2.45) is 0 Å². The summed E-state index contributed by atoms with van der Waals surface area (Å²) in [4.78, 5) is 33.9. The molecule has 0 aliphatic heterocycles. The Morgan fingerprint density at radius 1 is 0.647 bits per heavy atom. The van der Waals surface area contributed by atoms with E-state index in [0.29, 0.717) is 34.2 Å². The number of benzene rings is 2. The normalized spacial score (nSPS) is 10.6. The first-order valence-electron chi connectivity index (χ1n) is 10.5. The summed E-state index contributed by atoms with van der Waals surface area (Å²) in [5.74, 6) is 1.74. The highest BCUT2D eigenvalue weighted by atomic mass is 16.1. The lowest BCUT2D eigenvalue weighted by Gasteiger charge is -2.10. The van der Waals surface area contributed by atoms with Crippen LogP contribution < -0.4 is 16.0 Å². The summed E-state index contributed by atoms with van der Waals surface area (Å²) in [6.07, 6.45) is 6.44. The molecule has 0 bridgehead atoms. The number of pyridine rings is 1. The largest absolute Gasteiger partial charge is 0.340 e. The summed E-state index contributed by atoms with van der Waals surface area (Å²) < 4.78 is 0. The second kappa shape index (κ2) is 9.29. The van der Waals surface area contributed by atoms with Gasteiger partial charge in [-0.1, -0.05) is 0 Å². The SMILES string of the molecule is Cc1ccnc(Nc2cc(Nc3ccc(NC(=O)c4ccc5nccnc5c4)cc3)ncn2)c1. The monoisotopic (exact) mass is 448 g/mol. The Balaban J connectivity index is 1.24. The molecule has 9 nitrogen and oxygen atoms in total. The molecule has 0 radical (unpaired) electrons. The van der Waals surface area contributed by atoms with Crippen LogP contribution in [0.2, 0.25) is 0 Å². The Morgan fingerprint density at radius 2 is 1.35 bits per heavy atom. The fraction of sp³-hybridized carbons (Fsp3) is 0.0400. The van der Waals surface area contributed by atoms with E-state index >= 15 is 0 Å². The number of carbonyl (C=O) groups is 1. The van der Waals surface area contributed by atoms with E-state index in [4.69, 9.17) is 0 Å². The number of amides is 1.